The van der Waals surface area contributed by atoms with E-state index in [0.717, 1.165) is 360 Å². The Balaban J connectivity index is 0.000000129. The molecule has 0 aromatic rings. The van der Waals surface area contributed by atoms with Crippen molar-refractivity contribution in [3.05, 3.63) is 30.3 Å². The molecule has 15 aliphatic carbocycles. The summed E-state index contributed by atoms with van der Waals surface area (Å²) >= 11 is 1.47. The number of hydrogen-bond acceptors (Lipinski definition) is 26. The van der Waals surface area contributed by atoms with Gasteiger partial charge in [-0.3, -0.25) is 0 Å². The van der Waals surface area contributed by atoms with Gasteiger partial charge in [-0.1, -0.05) is 219 Å². The van der Waals surface area contributed by atoms with E-state index in [2.05, 4.69) is 67.8 Å². The van der Waals surface area contributed by atoms with Gasteiger partial charge in [-0.2, -0.15) is 0 Å². The molecule has 27 aliphatic rings. The summed E-state index contributed by atoms with van der Waals surface area (Å²) in [5.74, 6) is 0. The van der Waals surface area contributed by atoms with Crippen molar-refractivity contribution in [3.63, 3.8) is 0 Å². The van der Waals surface area contributed by atoms with Crippen molar-refractivity contribution in [2.24, 2.45) is 0 Å². The van der Waals surface area contributed by atoms with Gasteiger partial charge in [-0.25, -0.2) is 0 Å². The van der Waals surface area contributed by atoms with Crippen LogP contribution >= 0.6 is 9.30 Å². The van der Waals surface area contributed by atoms with Gasteiger partial charge in [0.1, 0.15) is 0 Å². The van der Waals surface area contributed by atoms with Gasteiger partial charge in [0, 0.05) is 77.6 Å². The average molecular weight is 2130 g/mol. The van der Waals surface area contributed by atoms with E-state index in [0.29, 0.717) is 0 Å². The zero-order valence-corrected chi connectivity index (χ0v) is 97.3. The first kappa shape index (κ1) is 95.7. The van der Waals surface area contributed by atoms with Crippen LogP contribution in [0, 0.1) is 30.3 Å². The minimum absolute atomic E-state index is 0.0127. The third kappa shape index (κ3) is 17.2. The molecule has 711 valence electrons. The molecular formula is C81H149ClO26Si18Ti+. The molecule has 0 spiro atoms. The van der Waals surface area contributed by atoms with Crippen molar-refractivity contribution in [2.75, 3.05) is 0 Å². The molecular weight excluding hydrogens is 1980 g/mol. The summed E-state index contributed by atoms with van der Waals surface area (Å²) in [5.41, 5.74) is 2.97. The predicted molar refractivity (Wildman–Crippen MR) is 506 cm³/mol. The van der Waals surface area contributed by atoms with Gasteiger partial charge < -0.3 is 108 Å². The molecule has 15 saturated carbocycles. The number of halogens is 1. The molecule has 0 atom stereocenters. The van der Waals surface area contributed by atoms with E-state index in [4.69, 9.17) is 98.8 Å². The maximum absolute atomic E-state index is 13.6. The molecule has 2 N–H and O–H groups in total. The fourth-order valence-corrected chi connectivity index (χ4v) is 138. The first-order chi connectivity index (χ1) is 61.2. The summed E-state index contributed by atoms with van der Waals surface area (Å²) in [6, 6.07) is 0. The summed E-state index contributed by atoms with van der Waals surface area (Å²) in [6.07, 6.45) is 62.7. The normalized spacial score (nSPS) is 47.7. The Labute approximate surface area is 794 Å². The molecule has 0 amide bonds. The predicted octanol–water partition coefficient (Wildman–Crippen LogP) is 21.9. The van der Waals surface area contributed by atoms with Gasteiger partial charge in [-0.05, 0) is 210 Å². The van der Waals surface area contributed by atoms with Crippen molar-refractivity contribution < 1.29 is 128 Å². The van der Waals surface area contributed by atoms with Gasteiger partial charge in [0.05, 0.1) is 16.1 Å². The molecule has 12 aliphatic heterocycles. The van der Waals surface area contributed by atoms with Crippen LogP contribution in [0.4, 0.5) is 0 Å². The van der Waals surface area contributed by atoms with Gasteiger partial charge in [0.15, 0.2) is 0 Å². The molecule has 0 aromatic carbocycles. The summed E-state index contributed by atoms with van der Waals surface area (Å²) in [5, 5.41) is 0. The minimum atomic E-state index is -4.74. The second-order valence-electron chi connectivity index (χ2n) is 45.6. The molecule has 26 nitrogen and oxygen atoms in total. The van der Waals surface area contributed by atoms with E-state index in [-0.39, 0.29) is 77.6 Å². The molecule has 46 heteroatoms. The van der Waals surface area contributed by atoms with Crippen LogP contribution in [0.25, 0.3) is 0 Å². The van der Waals surface area contributed by atoms with Gasteiger partial charge in [0.25, 0.3) is 0 Å². The molecule has 12 saturated heterocycles. The monoisotopic (exact) mass is 2120 g/mol. The van der Waals surface area contributed by atoms with Crippen LogP contribution in [-0.4, -0.2) is 167 Å². The summed E-state index contributed by atoms with van der Waals surface area (Å²) in [6.45, 7) is 14.5. The van der Waals surface area contributed by atoms with E-state index in [1.54, 1.807) is 11.1 Å². The number of rotatable bonds is 16. The van der Waals surface area contributed by atoms with Gasteiger partial charge in [0.2, 0.25) is 0 Å². The van der Waals surface area contributed by atoms with E-state index < -0.39 is 158 Å². The Kier molecular flexibility index (Phi) is 27.6. The van der Waals surface area contributed by atoms with Crippen LogP contribution in [-0.2, 0) is 118 Å². The average Bonchev–Trinajstić information content (AvgIpc) is 1.57. The van der Waals surface area contributed by atoms with Crippen molar-refractivity contribution >= 4 is 167 Å². The van der Waals surface area contributed by atoms with Gasteiger partial charge in [-0.15, -0.1) is 0 Å². The Bertz CT molecular complexity index is 3230. The summed E-state index contributed by atoms with van der Waals surface area (Å²) in [7, 11) is -62.6. The van der Waals surface area contributed by atoms with Crippen LogP contribution in [0.1, 0.15) is 360 Å². The molecule has 27 fully saturated rings. The first-order valence-electron chi connectivity index (χ1n) is 51.9. The van der Waals surface area contributed by atoms with E-state index >= 15 is 0 Å². The van der Waals surface area contributed by atoms with Crippen LogP contribution < -0.4 is 0 Å². The van der Waals surface area contributed by atoms with Crippen LogP contribution in [0.2, 0.25) is 117 Å². The summed E-state index contributed by atoms with van der Waals surface area (Å²) in [4.78, 5) is 27.1. The summed E-state index contributed by atoms with van der Waals surface area (Å²) < 4.78 is 192. The van der Waals surface area contributed by atoms with E-state index in [1.165, 1.54) is 19.4 Å². The Hall–Kier alpha value is 3.87. The van der Waals surface area contributed by atoms with Crippen molar-refractivity contribution in [3.8, 4) is 0 Å². The van der Waals surface area contributed by atoms with Crippen LogP contribution in [0.15, 0.2) is 0 Å². The Morgan fingerprint density at radius 1 is 0.189 bits per heavy atom. The zero-order valence-electron chi connectivity index (χ0n) is 77.0. The Morgan fingerprint density at radius 2 is 0.276 bits per heavy atom. The fourth-order valence-electron chi connectivity index (χ4n) is 28.4. The zero-order chi connectivity index (χ0) is 86.9. The Morgan fingerprint density at radius 3 is 0.354 bits per heavy atom. The maximum atomic E-state index is 13.6. The first-order valence-corrected chi connectivity index (χ1v) is 89.6. The fraction of sp³-hybridized carbons (Fsp3) is 0.938. The van der Waals surface area contributed by atoms with E-state index in [1.807, 2.05) is 0 Å². The molecule has 0 aromatic heterocycles. The topological polar surface area (TPSA) is 262 Å². The van der Waals surface area contributed by atoms with E-state index in [9.17, 15) is 9.59 Å². The second kappa shape index (κ2) is 36.6. The standard InChI is InChI=1S/2C35H64O13Si8.C11H21Si2.ClH.Ti/c2*36-56-46-53(33-23-9-10-24-33)40-50(30-17-3-4-18-30)37-49(29-15-1-2-16-29)38-51(42-53,31-19-5-6-20-31)44-55(48-56,35-27-13-14-28-35)45-52(39-49,32-21-7-8-22-32)43-54(41-50,47-56)34-25-11-12-26-34;1-12(2,3)10-7-8-11(9-10)13(4,5)6;;/h2*29-36H,1-28H2;7-9H,1-6H3;1H;/q;;;;+2/p-1. The molecule has 5 radical (unpaired) electrons. The van der Waals surface area contributed by atoms with Crippen molar-refractivity contribution in [2.45, 2.75) is 476 Å². The van der Waals surface area contributed by atoms with Gasteiger partial charge >= 0.3 is 170 Å². The van der Waals surface area contributed by atoms with Crippen molar-refractivity contribution in [1.82, 2.24) is 0 Å². The molecule has 127 heavy (non-hydrogen) atoms. The molecule has 27 rings (SSSR count). The third-order valence-electron chi connectivity index (χ3n) is 35.2. The quantitative estimate of drug-likeness (QED) is 0.136. The van der Waals surface area contributed by atoms with Crippen LogP contribution in [0.3, 0.4) is 0 Å². The molecule has 12 heterocycles. The van der Waals surface area contributed by atoms with Crippen LogP contribution in [0.5, 0.6) is 0 Å². The van der Waals surface area contributed by atoms with Crippen molar-refractivity contribution in [1.29, 1.82) is 0 Å². The molecule has 0 unspecified atom stereocenters. The second-order valence-corrected chi connectivity index (χ2v) is 106. The third-order valence-corrected chi connectivity index (χ3v) is 115. The number of hydrogen-bond donors (Lipinski definition) is 2. The molecule has 16 bridgehead atoms. The SMILES string of the molecule is C[Si](C)(C)[C]1[CH][CH][C]([Si](C)(C)C)[CH]1.O[Si]12O[Si]3(C4CCCC4)O[Si]4(C5CCCC5)O[Si](C5CCCC5)(O1)O[Si]1(C5CCCC5)O[Si](C5CCCC5)(O2)O[Si](C2CCCC2)(O3)O[Si](C2CCCC2)(O4)O1.O[Si]12O[Si]3(C4CCCC4)O[Si]4(C5CCCC5)O[Si](C5CCCC5)(O1)O[Si]1(C5CCCC5)O[Si](C5CCCC5)(O2)O[Si](C2CCCC2)(O3)O[Si](C2CCCC2)(O4)O1.[Cl][Ti+].